The molecule has 0 saturated carbocycles. The van der Waals surface area contributed by atoms with Gasteiger partial charge in [-0.1, -0.05) is 12.1 Å². The van der Waals surface area contributed by atoms with Gasteiger partial charge in [0.1, 0.15) is 17.5 Å². The summed E-state index contributed by atoms with van der Waals surface area (Å²) in [5.74, 6) is 0.702. The second-order valence-electron chi connectivity index (χ2n) is 4.86. The molecular weight excluding hydrogens is 285 g/mol. The van der Waals surface area contributed by atoms with Crippen LogP contribution in [0.1, 0.15) is 31.0 Å². The van der Waals surface area contributed by atoms with Gasteiger partial charge in [-0.25, -0.2) is 4.39 Å². The van der Waals surface area contributed by atoms with Crippen LogP contribution in [0.3, 0.4) is 0 Å². The van der Waals surface area contributed by atoms with Crippen molar-refractivity contribution in [2.75, 3.05) is 13.1 Å². The zero-order valence-electron chi connectivity index (χ0n) is 9.51. The summed E-state index contributed by atoms with van der Waals surface area (Å²) < 4.78 is 21.3. The van der Waals surface area contributed by atoms with E-state index in [4.69, 9.17) is 4.74 Å². The molecule has 2 aliphatic heterocycles. The normalized spacial score (nSPS) is 26.4. The highest BCUT2D eigenvalue weighted by atomic mass is 79.9. The fraction of sp³-hybridized carbons (Fsp3) is 0.538. The van der Waals surface area contributed by atoms with E-state index in [1.165, 1.54) is 0 Å². The fourth-order valence-corrected chi connectivity index (χ4v) is 3.23. The van der Waals surface area contributed by atoms with E-state index < -0.39 is 6.17 Å². The van der Waals surface area contributed by atoms with Crippen molar-refractivity contribution in [2.24, 2.45) is 0 Å². The number of nitrogens with one attached hydrogen (secondary N) is 1. The number of hydrogen-bond acceptors (Lipinski definition) is 2. The van der Waals surface area contributed by atoms with Crippen LogP contribution in [0.4, 0.5) is 4.39 Å². The van der Waals surface area contributed by atoms with Crippen molar-refractivity contribution in [1.29, 1.82) is 0 Å². The second kappa shape index (κ2) is 4.25. The summed E-state index contributed by atoms with van der Waals surface area (Å²) in [6.07, 6.45) is 1.34. The molecule has 1 saturated heterocycles. The maximum atomic E-state index is 14.3. The monoisotopic (exact) mass is 299 g/mol. The summed E-state index contributed by atoms with van der Waals surface area (Å²) in [7, 11) is 0. The number of fused-ring (bicyclic) bond motifs is 1. The predicted octanol–water partition coefficient (Wildman–Crippen LogP) is 3.36. The summed E-state index contributed by atoms with van der Waals surface area (Å²) >= 11 is 3.45. The molecule has 2 aliphatic rings. The molecule has 1 aromatic carbocycles. The van der Waals surface area contributed by atoms with Gasteiger partial charge in [-0.05, 0) is 47.9 Å². The van der Waals surface area contributed by atoms with E-state index in [-0.39, 0.29) is 5.60 Å². The SMILES string of the molecule is FC1CC2(CCNCC2)Oc2c(Br)cccc21. The van der Waals surface area contributed by atoms with Gasteiger partial charge >= 0.3 is 0 Å². The minimum atomic E-state index is -0.908. The Kier molecular flexibility index (Phi) is 2.87. The maximum absolute atomic E-state index is 14.3. The molecule has 1 spiro atoms. The molecule has 4 heteroatoms. The number of rotatable bonds is 0. The predicted molar refractivity (Wildman–Crippen MR) is 68.1 cm³/mol. The summed E-state index contributed by atoms with van der Waals surface area (Å²) in [4.78, 5) is 0. The van der Waals surface area contributed by atoms with Crippen LogP contribution in [-0.4, -0.2) is 18.7 Å². The minimum Gasteiger partial charge on any atom is -0.485 e. The summed E-state index contributed by atoms with van der Waals surface area (Å²) in [6.45, 7) is 1.82. The van der Waals surface area contributed by atoms with Crippen molar-refractivity contribution >= 4 is 15.9 Å². The Morgan fingerprint density at radius 1 is 1.35 bits per heavy atom. The fourth-order valence-electron chi connectivity index (χ4n) is 2.76. The zero-order valence-corrected chi connectivity index (χ0v) is 11.1. The molecule has 0 amide bonds. The number of benzene rings is 1. The van der Waals surface area contributed by atoms with Gasteiger partial charge in [0.05, 0.1) is 4.47 Å². The van der Waals surface area contributed by atoms with Gasteiger partial charge in [0.2, 0.25) is 0 Å². The zero-order chi connectivity index (χ0) is 11.9. The maximum Gasteiger partial charge on any atom is 0.140 e. The number of alkyl halides is 1. The van der Waals surface area contributed by atoms with E-state index in [9.17, 15) is 4.39 Å². The molecule has 1 fully saturated rings. The van der Waals surface area contributed by atoms with Crippen LogP contribution < -0.4 is 10.1 Å². The lowest BCUT2D eigenvalue weighted by molar-refractivity contribution is -0.0127. The Labute approximate surface area is 109 Å². The average molecular weight is 300 g/mol. The van der Waals surface area contributed by atoms with E-state index in [2.05, 4.69) is 21.2 Å². The molecule has 1 N–H and O–H groups in total. The number of hydrogen-bond donors (Lipinski definition) is 1. The van der Waals surface area contributed by atoms with Crippen LogP contribution in [0.25, 0.3) is 0 Å². The van der Waals surface area contributed by atoms with E-state index in [0.717, 1.165) is 30.4 Å². The Bertz CT molecular complexity index is 431. The van der Waals surface area contributed by atoms with Crippen molar-refractivity contribution in [3.63, 3.8) is 0 Å². The van der Waals surface area contributed by atoms with Crippen LogP contribution in [0.15, 0.2) is 22.7 Å². The van der Waals surface area contributed by atoms with Gasteiger partial charge < -0.3 is 10.1 Å². The van der Waals surface area contributed by atoms with Gasteiger partial charge in [0.25, 0.3) is 0 Å². The van der Waals surface area contributed by atoms with Gasteiger partial charge in [-0.15, -0.1) is 0 Å². The lowest BCUT2D eigenvalue weighted by Gasteiger charge is -2.43. The van der Waals surface area contributed by atoms with Crippen LogP contribution in [0, 0.1) is 0 Å². The second-order valence-corrected chi connectivity index (χ2v) is 5.72. The minimum absolute atomic E-state index is 0.304. The Hall–Kier alpha value is -0.610. The van der Waals surface area contributed by atoms with Gasteiger partial charge in [0, 0.05) is 12.0 Å². The number of piperidine rings is 1. The standard InChI is InChI=1S/C13H15BrFNO/c14-10-3-1-2-9-11(15)8-13(17-12(9)10)4-6-16-7-5-13/h1-3,11,16H,4-8H2. The Morgan fingerprint density at radius 2 is 2.12 bits per heavy atom. The van der Waals surface area contributed by atoms with E-state index in [1.807, 2.05) is 18.2 Å². The topological polar surface area (TPSA) is 21.3 Å². The first-order chi connectivity index (χ1) is 8.20. The summed E-state index contributed by atoms with van der Waals surface area (Å²) in [5, 5.41) is 3.30. The first kappa shape index (κ1) is 11.5. The van der Waals surface area contributed by atoms with Crippen molar-refractivity contribution in [2.45, 2.75) is 31.0 Å². The quantitative estimate of drug-likeness (QED) is 0.793. The first-order valence-corrected chi connectivity index (χ1v) is 6.82. The Morgan fingerprint density at radius 3 is 2.88 bits per heavy atom. The largest absolute Gasteiger partial charge is 0.485 e. The number of ether oxygens (including phenoxy) is 1. The lowest BCUT2D eigenvalue weighted by atomic mass is 9.83. The highest BCUT2D eigenvalue weighted by molar-refractivity contribution is 9.10. The molecule has 1 unspecified atom stereocenters. The van der Waals surface area contributed by atoms with Gasteiger partial charge in [-0.2, -0.15) is 0 Å². The van der Waals surface area contributed by atoms with E-state index in [1.54, 1.807) is 0 Å². The molecular formula is C13H15BrFNO. The molecule has 17 heavy (non-hydrogen) atoms. The molecule has 0 aromatic heterocycles. The van der Waals surface area contributed by atoms with Gasteiger partial charge in [-0.3, -0.25) is 0 Å². The van der Waals surface area contributed by atoms with E-state index in [0.29, 0.717) is 17.7 Å². The molecule has 0 aliphatic carbocycles. The first-order valence-electron chi connectivity index (χ1n) is 6.02. The van der Waals surface area contributed by atoms with Crippen molar-refractivity contribution in [1.82, 2.24) is 5.32 Å². The average Bonchev–Trinajstić information content (AvgIpc) is 2.32. The van der Waals surface area contributed by atoms with Crippen molar-refractivity contribution < 1.29 is 9.13 Å². The molecule has 2 nitrogen and oxygen atoms in total. The van der Waals surface area contributed by atoms with E-state index >= 15 is 0 Å². The third-order valence-electron chi connectivity index (χ3n) is 3.72. The van der Waals surface area contributed by atoms with Crippen LogP contribution in [-0.2, 0) is 0 Å². The van der Waals surface area contributed by atoms with Crippen LogP contribution >= 0.6 is 15.9 Å². The lowest BCUT2D eigenvalue weighted by Crippen LogP contribution is -2.48. The molecule has 0 radical (unpaired) electrons. The van der Waals surface area contributed by atoms with Crippen LogP contribution in [0.5, 0.6) is 5.75 Å². The smallest absolute Gasteiger partial charge is 0.140 e. The third kappa shape index (κ3) is 1.97. The highest BCUT2D eigenvalue weighted by Gasteiger charge is 2.42. The Balaban J connectivity index is 1.99. The molecule has 92 valence electrons. The van der Waals surface area contributed by atoms with Crippen molar-refractivity contribution in [3.05, 3.63) is 28.2 Å². The molecule has 2 heterocycles. The molecule has 3 rings (SSSR count). The summed E-state index contributed by atoms with van der Waals surface area (Å²) in [6, 6.07) is 5.59. The molecule has 1 aromatic rings. The van der Waals surface area contributed by atoms with Gasteiger partial charge in [0.15, 0.2) is 0 Å². The molecule has 1 atom stereocenters. The van der Waals surface area contributed by atoms with Crippen LogP contribution in [0.2, 0.25) is 0 Å². The molecule has 0 bridgehead atoms. The number of para-hydroxylation sites is 1. The highest BCUT2D eigenvalue weighted by Crippen LogP contribution is 2.47. The third-order valence-corrected chi connectivity index (χ3v) is 4.34. The van der Waals surface area contributed by atoms with Crippen molar-refractivity contribution in [3.8, 4) is 5.75 Å². The number of halogens is 2. The summed E-state index contributed by atoms with van der Waals surface area (Å²) in [5.41, 5.74) is 0.380.